The smallest absolute Gasteiger partial charge is 0.313 e. The van der Waals surface area contributed by atoms with E-state index >= 15 is 0 Å². The lowest BCUT2D eigenvalue weighted by Crippen LogP contribution is -2.43. The summed E-state index contributed by atoms with van der Waals surface area (Å²) in [6.07, 6.45) is 0.508. The van der Waals surface area contributed by atoms with E-state index in [1.165, 1.54) is 12.1 Å². The van der Waals surface area contributed by atoms with Gasteiger partial charge in [-0.15, -0.1) is 0 Å². The van der Waals surface area contributed by atoms with Crippen LogP contribution in [0.3, 0.4) is 0 Å². The minimum Gasteiger partial charge on any atom is -0.394 e. The van der Waals surface area contributed by atoms with Crippen molar-refractivity contribution in [1.82, 2.24) is 5.32 Å². The highest BCUT2D eigenvalue weighted by molar-refractivity contribution is 6.39. The highest BCUT2D eigenvalue weighted by Crippen LogP contribution is 2.15. The normalized spacial score (nSPS) is 11.8. The molecule has 0 radical (unpaired) electrons. The topological polar surface area (TPSA) is 78.4 Å². The summed E-state index contributed by atoms with van der Waals surface area (Å²) in [5, 5.41) is 13.6. The van der Waals surface area contributed by atoms with Gasteiger partial charge < -0.3 is 15.7 Å². The molecular weight excluding hydrogens is 251 g/mol. The molecule has 0 spiro atoms. The molecule has 0 saturated carbocycles. The first-order valence-electron chi connectivity index (χ1n) is 5.96. The van der Waals surface area contributed by atoms with Gasteiger partial charge in [0.2, 0.25) is 0 Å². The van der Waals surface area contributed by atoms with Crippen molar-refractivity contribution < 1.29 is 19.1 Å². The Balaban J connectivity index is 2.69. The number of aliphatic hydroxyl groups excluding tert-OH is 1. The second-order valence-corrected chi connectivity index (χ2v) is 4.17. The number of hydrogen-bond donors (Lipinski definition) is 3. The van der Waals surface area contributed by atoms with E-state index in [4.69, 9.17) is 5.11 Å². The number of anilines is 1. The van der Waals surface area contributed by atoms with Crippen molar-refractivity contribution in [2.24, 2.45) is 0 Å². The van der Waals surface area contributed by atoms with Crippen molar-refractivity contribution in [2.45, 2.75) is 26.3 Å². The Labute approximate surface area is 110 Å². The van der Waals surface area contributed by atoms with Crippen LogP contribution >= 0.6 is 0 Å². The summed E-state index contributed by atoms with van der Waals surface area (Å²) < 4.78 is 13.0. The second-order valence-electron chi connectivity index (χ2n) is 4.17. The molecule has 3 N–H and O–H groups in total. The summed E-state index contributed by atoms with van der Waals surface area (Å²) in [6.45, 7) is 3.22. The third-order valence-corrected chi connectivity index (χ3v) is 2.70. The standard InChI is InChI=1S/C13H17FN2O3/c1-3-10(7-17)15-12(18)13(19)16-11-6-9(14)5-4-8(11)2/h4-6,10,17H,3,7H2,1-2H3,(H,15,18)(H,16,19)/t10-/m1/s1. The lowest BCUT2D eigenvalue weighted by molar-refractivity contribution is -0.136. The van der Waals surface area contributed by atoms with Crippen LogP contribution in [0.5, 0.6) is 0 Å². The average molecular weight is 268 g/mol. The van der Waals surface area contributed by atoms with E-state index in [0.29, 0.717) is 12.0 Å². The number of benzene rings is 1. The monoisotopic (exact) mass is 268 g/mol. The minimum absolute atomic E-state index is 0.242. The predicted molar refractivity (Wildman–Crippen MR) is 69.1 cm³/mol. The molecule has 0 saturated heterocycles. The first-order chi connectivity index (χ1) is 8.97. The lowest BCUT2D eigenvalue weighted by Gasteiger charge is -2.14. The van der Waals surface area contributed by atoms with Gasteiger partial charge in [0.15, 0.2) is 0 Å². The van der Waals surface area contributed by atoms with E-state index in [1.54, 1.807) is 13.8 Å². The van der Waals surface area contributed by atoms with Crippen LogP contribution in [0.25, 0.3) is 0 Å². The zero-order valence-electron chi connectivity index (χ0n) is 10.9. The highest BCUT2D eigenvalue weighted by Gasteiger charge is 2.18. The average Bonchev–Trinajstić information content (AvgIpc) is 2.39. The number of aryl methyl sites for hydroxylation is 1. The van der Waals surface area contributed by atoms with Gasteiger partial charge in [0.1, 0.15) is 5.82 Å². The van der Waals surface area contributed by atoms with E-state index in [9.17, 15) is 14.0 Å². The van der Waals surface area contributed by atoms with E-state index < -0.39 is 23.7 Å². The lowest BCUT2D eigenvalue weighted by atomic mass is 10.2. The van der Waals surface area contributed by atoms with Gasteiger partial charge in [0.25, 0.3) is 0 Å². The Morgan fingerprint density at radius 1 is 1.37 bits per heavy atom. The maximum Gasteiger partial charge on any atom is 0.313 e. The Kier molecular flexibility index (Phi) is 5.44. The van der Waals surface area contributed by atoms with Crippen LogP contribution in [0.2, 0.25) is 0 Å². The zero-order chi connectivity index (χ0) is 14.4. The van der Waals surface area contributed by atoms with Crippen molar-refractivity contribution in [1.29, 1.82) is 0 Å². The first kappa shape index (κ1) is 15.1. The molecule has 0 heterocycles. The Hall–Kier alpha value is -1.95. The van der Waals surface area contributed by atoms with Crippen LogP contribution in [0.15, 0.2) is 18.2 Å². The molecule has 2 amide bonds. The molecular formula is C13H17FN2O3. The molecule has 0 aromatic heterocycles. The molecule has 0 bridgehead atoms. The van der Waals surface area contributed by atoms with Gasteiger partial charge in [-0.25, -0.2) is 4.39 Å². The highest BCUT2D eigenvalue weighted by atomic mass is 19.1. The van der Waals surface area contributed by atoms with Crippen molar-refractivity contribution in [2.75, 3.05) is 11.9 Å². The molecule has 0 aliphatic carbocycles. The number of carbonyl (C=O) groups is 2. The Morgan fingerprint density at radius 3 is 2.63 bits per heavy atom. The third-order valence-electron chi connectivity index (χ3n) is 2.70. The molecule has 6 heteroatoms. The summed E-state index contributed by atoms with van der Waals surface area (Å²) in [4.78, 5) is 23.2. The van der Waals surface area contributed by atoms with Crippen molar-refractivity contribution in [3.8, 4) is 0 Å². The number of halogens is 1. The predicted octanol–water partition coefficient (Wildman–Crippen LogP) is 0.960. The zero-order valence-corrected chi connectivity index (χ0v) is 10.9. The van der Waals surface area contributed by atoms with Crippen LogP contribution in [0.4, 0.5) is 10.1 Å². The molecule has 104 valence electrons. The Bertz CT molecular complexity index is 473. The van der Waals surface area contributed by atoms with Gasteiger partial charge in [-0.05, 0) is 31.0 Å². The molecule has 0 unspecified atom stereocenters. The summed E-state index contributed by atoms with van der Waals surface area (Å²) in [5.41, 5.74) is 0.897. The van der Waals surface area contributed by atoms with Gasteiger partial charge in [0, 0.05) is 5.69 Å². The minimum atomic E-state index is -0.888. The van der Waals surface area contributed by atoms with Crippen LogP contribution < -0.4 is 10.6 Å². The number of nitrogens with one attached hydrogen (secondary N) is 2. The quantitative estimate of drug-likeness (QED) is 0.712. The van der Waals surface area contributed by atoms with Crippen molar-refractivity contribution in [3.63, 3.8) is 0 Å². The summed E-state index contributed by atoms with van der Waals surface area (Å²) in [6, 6.07) is 3.45. The van der Waals surface area contributed by atoms with E-state index in [-0.39, 0.29) is 12.3 Å². The number of rotatable bonds is 4. The van der Waals surface area contributed by atoms with Crippen LogP contribution in [-0.2, 0) is 9.59 Å². The van der Waals surface area contributed by atoms with E-state index in [1.807, 2.05) is 0 Å². The maximum absolute atomic E-state index is 13.0. The number of aliphatic hydroxyl groups is 1. The van der Waals surface area contributed by atoms with Gasteiger partial charge in [-0.3, -0.25) is 9.59 Å². The summed E-state index contributed by atoms with van der Waals surface area (Å²) >= 11 is 0. The fourth-order valence-electron chi connectivity index (χ4n) is 1.44. The number of carbonyl (C=O) groups excluding carboxylic acids is 2. The number of hydrogen-bond acceptors (Lipinski definition) is 3. The SMILES string of the molecule is CC[C@H](CO)NC(=O)C(=O)Nc1cc(F)ccc1C. The van der Waals surface area contributed by atoms with Gasteiger partial charge in [0.05, 0.1) is 12.6 Å². The second kappa shape index (κ2) is 6.84. The van der Waals surface area contributed by atoms with Gasteiger partial charge >= 0.3 is 11.8 Å². The fraction of sp³-hybridized carbons (Fsp3) is 0.385. The van der Waals surface area contributed by atoms with Crippen molar-refractivity contribution in [3.05, 3.63) is 29.6 Å². The maximum atomic E-state index is 13.0. The molecule has 0 aliphatic heterocycles. The van der Waals surface area contributed by atoms with Crippen LogP contribution in [0.1, 0.15) is 18.9 Å². The molecule has 1 rings (SSSR count). The molecule has 19 heavy (non-hydrogen) atoms. The Morgan fingerprint density at radius 2 is 2.05 bits per heavy atom. The first-order valence-corrected chi connectivity index (χ1v) is 5.96. The van der Waals surface area contributed by atoms with Gasteiger partial charge in [-0.2, -0.15) is 0 Å². The summed E-state index contributed by atoms with van der Waals surface area (Å²) in [5.74, 6) is -2.24. The fourth-order valence-corrected chi connectivity index (χ4v) is 1.44. The molecule has 0 fully saturated rings. The van der Waals surface area contributed by atoms with Crippen molar-refractivity contribution >= 4 is 17.5 Å². The van der Waals surface area contributed by atoms with E-state index in [2.05, 4.69) is 10.6 Å². The molecule has 1 aromatic carbocycles. The van der Waals surface area contributed by atoms with Gasteiger partial charge in [-0.1, -0.05) is 13.0 Å². The molecule has 1 atom stereocenters. The largest absolute Gasteiger partial charge is 0.394 e. The number of amides is 2. The third kappa shape index (κ3) is 4.33. The molecule has 0 aliphatic rings. The molecule has 1 aromatic rings. The van der Waals surface area contributed by atoms with E-state index in [0.717, 1.165) is 6.07 Å². The molecule has 5 nitrogen and oxygen atoms in total. The summed E-state index contributed by atoms with van der Waals surface area (Å²) in [7, 11) is 0. The van der Waals surface area contributed by atoms with Crippen LogP contribution in [-0.4, -0.2) is 29.6 Å². The van der Waals surface area contributed by atoms with Crippen LogP contribution in [0, 0.1) is 12.7 Å².